The van der Waals surface area contributed by atoms with Crippen LogP contribution in [0.1, 0.15) is 56.1 Å². The molecule has 0 spiro atoms. The number of aromatic nitrogens is 4. The molecule has 3 rings (SSSR count). The molecule has 2 amide bonds. The Labute approximate surface area is 176 Å². The lowest BCUT2D eigenvalue weighted by molar-refractivity contribution is -0.141. The Bertz CT molecular complexity index is 913. The van der Waals surface area contributed by atoms with Gasteiger partial charge in [0.2, 0.25) is 5.91 Å². The SMILES string of the molecule is CC(C)NC(=O)O[C@@H]1CC[C@H](c2cc(NC(=O)Cc3cnc(C(F)(F)F)cn3)n[nH]2)C1. The molecule has 1 aliphatic rings. The molecule has 0 unspecified atom stereocenters. The van der Waals surface area contributed by atoms with Crippen molar-refractivity contribution in [3.8, 4) is 0 Å². The number of carbonyl (C=O) groups is 2. The fourth-order valence-corrected chi connectivity index (χ4v) is 3.30. The van der Waals surface area contributed by atoms with Crippen LogP contribution in [0.2, 0.25) is 0 Å². The minimum absolute atomic E-state index is 0.00275. The third-order valence-electron chi connectivity index (χ3n) is 4.71. The highest BCUT2D eigenvalue weighted by Gasteiger charge is 2.33. The van der Waals surface area contributed by atoms with E-state index in [-0.39, 0.29) is 30.2 Å². The van der Waals surface area contributed by atoms with E-state index >= 15 is 0 Å². The van der Waals surface area contributed by atoms with Crippen LogP contribution in [-0.2, 0) is 22.1 Å². The Morgan fingerprint density at radius 1 is 1.26 bits per heavy atom. The maximum absolute atomic E-state index is 12.5. The summed E-state index contributed by atoms with van der Waals surface area (Å²) >= 11 is 0. The van der Waals surface area contributed by atoms with Crippen molar-refractivity contribution in [2.24, 2.45) is 0 Å². The van der Waals surface area contributed by atoms with Crippen molar-refractivity contribution in [3.05, 3.63) is 35.5 Å². The van der Waals surface area contributed by atoms with Crippen LogP contribution < -0.4 is 10.6 Å². The van der Waals surface area contributed by atoms with Gasteiger partial charge in [0.05, 0.1) is 18.3 Å². The van der Waals surface area contributed by atoms with Gasteiger partial charge in [0.1, 0.15) is 6.10 Å². The van der Waals surface area contributed by atoms with Gasteiger partial charge in [-0.25, -0.2) is 9.78 Å². The Morgan fingerprint density at radius 3 is 2.68 bits per heavy atom. The van der Waals surface area contributed by atoms with Crippen molar-refractivity contribution < 1.29 is 27.5 Å². The van der Waals surface area contributed by atoms with Crippen molar-refractivity contribution in [2.75, 3.05) is 5.32 Å². The van der Waals surface area contributed by atoms with E-state index in [0.29, 0.717) is 18.4 Å². The van der Waals surface area contributed by atoms with Gasteiger partial charge in [0.25, 0.3) is 0 Å². The standard InChI is InChI=1S/C19H23F3N6O3/c1-10(2)25-18(30)31-13-4-3-11(5-13)14-7-16(28-27-14)26-17(29)6-12-8-24-15(9-23-12)19(20,21)22/h7-11,13H,3-6H2,1-2H3,(H,25,30)(H2,26,27,28,29)/t11-,13+/m0/s1. The molecule has 0 saturated heterocycles. The third kappa shape index (κ3) is 6.40. The van der Waals surface area contributed by atoms with Gasteiger partial charge in [-0.05, 0) is 33.1 Å². The number of halogens is 3. The number of hydrogen-bond acceptors (Lipinski definition) is 6. The van der Waals surface area contributed by atoms with E-state index in [9.17, 15) is 22.8 Å². The maximum Gasteiger partial charge on any atom is 0.434 e. The molecular weight excluding hydrogens is 417 g/mol. The fraction of sp³-hybridized carbons (Fsp3) is 0.526. The Kier molecular flexibility index (Phi) is 6.76. The molecule has 0 aliphatic heterocycles. The molecule has 2 atom stereocenters. The number of H-pyrrole nitrogens is 1. The number of anilines is 1. The van der Waals surface area contributed by atoms with Crippen LogP contribution in [0.25, 0.3) is 0 Å². The number of rotatable bonds is 6. The number of alkyl carbamates (subject to hydrolysis) is 1. The zero-order valence-corrected chi connectivity index (χ0v) is 17.0. The summed E-state index contributed by atoms with van der Waals surface area (Å²) in [6, 6.07) is 1.69. The summed E-state index contributed by atoms with van der Waals surface area (Å²) in [7, 11) is 0. The second kappa shape index (κ2) is 9.31. The quantitative estimate of drug-likeness (QED) is 0.634. The molecule has 2 aromatic heterocycles. The molecule has 9 nitrogen and oxygen atoms in total. The molecule has 31 heavy (non-hydrogen) atoms. The van der Waals surface area contributed by atoms with Gasteiger partial charge < -0.3 is 15.4 Å². The number of nitrogens with zero attached hydrogens (tertiary/aromatic N) is 3. The predicted molar refractivity (Wildman–Crippen MR) is 103 cm³/mol. The second-order valence-electron chi connectivity index (χ2n) is 7.66. The monoisotopic (exact) mass is 440 g/mol. The summed E-state index contributed by atoms with van der Waals surface area (Å²) in [5, 5.41) is 12.2. The highest BCUT2D eigenvalue weighted by Crippen LogP contribution is 2.35. The summed E-state index contributed by atoms with van der Waals surface area (Å²) in [6.45, 7) is 3.70. The Hall–Kier alpha value is -3.18. The van der Waals surface area contributed by atoms with Gasteiger partial charge in [-0.2, -0.15) is 18.3 Å². The lowest BCUT2D eigenvalue weighted by atomic mass is 10.0. The smallest absolute Gasteiger partial charge is 0.434 e. The van der Waals surface area contributed by atoms with Gasteiger partial charge >= 0.3 is 12.3 Å². The van der Waals surface area contributed by atoms with Crippen LogP contribution in [0, 0.1) is 0 Å². The molecule has 168 valence electrons. The predicted octanol–water partition coefficient (Wildman–Crippen LogP) is 3.17. The van der Waals surface area contributed by atoms with Gasteiger partial charge in [0, 0.05) is 29.9 Å². The van der Waals surface area contributed by atoms with E-state index in [4.69, 9.17) is 4.74 Å². The highest BCUT2D eigenvalue weighted by atomic mass is 19.4. The van der Waals surface area contributed by atoms with Gasteiger partial charge in [-0.15, -0.1) is 0 Å². The number of carbonyl (C=O) groups excluding carboxylic acids is 2. The zero-order chi connectivity index (χ0) is 22.6. The van der Waals surface area contributed by atoms with Gasteiger partial charge in [-0.1, -0.05) is 0 Å². The molecule has 1 saturated carbocycles. The van der Waals surface area contributed by atoms with E-state index in [0.717, 1.165) is 24.7 Å². The van der Waals surface area contributed by atoms with Crippen LogP contribution in [-0.4, -0.2) is 44.3 Å². The van der Waals surface area contributed by atoms with Crippen molar-refractivity contribution in [2.45, 2.75) is 63.8 Å². The molecule has 1 aliphatic carbocycles. The molecule has 2 aromatic rings. The number of aromatic amines is 1. The average molecular weight is 440 g/mol. The molecular formula is C19H23F3N6O3. The first-order valence-corrected chi connectivity index (χ1v) is 9.80. The number of nitrogens with one attached hydrogen (secondary N) is 3. The van der Waals surface area contributed by atoms with Crippen LogP contribution in [0.3, 0.4) is 0 Å². The highest BCUT2D eigenvalue weighted by molar-refractivity contribution is 5.91. The first-order valence-electron chi connectivity index (χ1n) is 9.80. The van der Waals surface area contributed by atoms with Crippen LogP contribution >= 0.6 is 0 Å². The Balaban J connectivity index is 1.49. The molecule has 2 heterocycles. The fourth-order valence-electron chi connectivity index (χ4n) is 3.30. The first kappa shape index (κ1) is 22.5. The minimum Gasteiger partial charge on any atom is -0.446 e. The van der Waals surface area contributed by atoms with Crippen molar-refractivity contribution in [3.63, 3.8) is 0 Å². The van der Waals surface area contributed by atoms with Gasteiger partial charge in [0.15, 0.2) is 11.5 Å². The molecule has 0 radical (unpaired) electrons. The molecule has 0 bridgehead atoms. The van der Waals surface area contributed by atoms with E-state index in [1.54, 1.807) is 6.07 Å². The minimum atomic E-state index is -4.58. The summed E-state index contributed by atoms with van der Waals surface area (Å²) in [6.07, 6.45) is -1.77. The molecule has 12 heteroatoms. The van der Waals surface area contributed by atoms with Gasteiger partial charge in [-0.3, -0.25) is 14.9 Å². The number of hydrogen-bond donors (Lipinski definition) is 3. The zero-order valence-electron chi connectivity index (χ0n) is 17.0. The van der Waals surface area contributed by atoms with Crippen LogP contribution in [0.4, 0.5) is 23.8 Å². The lowest BCUT2D eigenvalue weighted by Gasteiger charge is -2.14. The van der Waals surface area contributed by atoms with Crippen molar-refractivity contribution in [1.29, 1.82) is 0 Å². The summed E-state index contributed by atoms with van der Waals surface area (Å²) in [5.74, 6) is -0.0809. The van der Waals surface area contributed by atoms with E-state index in [1.807, 2.05) is 13.8 Å². The van der Waals surface area contributed by atoms with E-state index in [2.05, 4.69) is 30.8 Å². The topological polar surface area (TPSA) is 122 Å². The first-order chi connectivity index (χ1) is 14.6. The Morgan fingerprint density at radius 2 is 2.03 bits per heavy atom. The van der Waals surface area contributed by atoms with Crippen molar-refractivity contribution >= 4 is 17.8 Å². The van der Waals surface area contributed by atoms with E-state index < -0.39 is 23.9 Å². The number of alkyl halides is 3. The maximum atomic E-state index is 12.5. The third-order valence-corrected chi connectivity index (χ3v) is 4.71. The lowest BCUT2D eigenvalue weighted by Crippen LogP contribution is -2.33. The van der Waals surface area contributed by atoms with Crippen LogP contribution in [0.5, 0.6) is 0 Å². The largest absolute Gasteiger partial charge is 0.446 e. The molecule has 1 fully saturated rings. The van der Waals surface area contributed by atoms with Crippen LogP contribution in [0.15, 0.2) is 18.5 Å². The molecule has 3 N–H and O–H groups in total. The van der Waals surface area contributed by atoms with Crippen molar-refractivity contribution in [1.82, 2.24) is 25.5 Å². The number of amides is 2. The summed E-state index contributed by atoms with van der Waals surface area (Å²) in [5.41, 5.74) is -0.203. The number of ether oxygens (including phenoxy) is 1. The average Bonchev–Trinajstić information content (AvgIpc) is 3.30. The summed E-state index contributed by atoms with van der Waals surface area (Å²) < 4.78 is 42.9. The van der Waals surface area contributed by atoms with E-state index in [1.165, 1.54) is 0 Å². The molecule has 0 aromatic carbocycles. The summed E-state index contributed by atoms with van der Waals surface area (Å²) in [4.78, 5) is 30.8. The second-order valence-corrected chi connectivity index (χ2v) is 7.66. The normalized spacial score (nSPS) is 18.8.